The maximum atomic E-state index is 12.9. The van der Waals surface area contributed by atoms with Gasteiger partial charge in [-0.1, -0.05) is 48.0 Å². The van der Waals surface area contributed by atoms with Gasteiger partial charge in [-0.05, 0) is 24.2 Å². The monoisotopic (exact) mass is 457 g/mol. The highest BCUT2D eigenvalue weighted by Crippen LogP contribution is 2.12. The van der Waals surface area contributed by atoms with E-state index >= 15 is 0 Å². The first-order valence-corrected chi connectivity index (χ1v) is 10.9. The van der Waals surface area contributed by atoms with Gasteiger partial charge in [0.05, 0.1) is 12.5 Å². The molecule has 8 N–H and O–H groups in total. The second kappa shape index (κ2) is 13.7. The number of primary amides is 1. The van der Waals surface area contributed by atoms with E-state index < -0.39 is 53.8 Å². The summed E-state index contributed by atoms with van der Waals surface area (Å²) in [6.45, 7) is 10.7. The lowest BCUT2D eigenvalue weighted by atomic mass is 9.97. The van der Waals surface area contributed by atoms with Crippen LogP contribution in [0.5, 0.6) is 0 Å². The lowest BCUT2D eigenvalue weighted by molar-refractivity contribution is -0.144. The summed E-state index contributed by atoms with van der Waals surface area (Å²) in [5.74, 6) is -4.48. The van der Waals surface area contributed by atoms with Crippen molar-refractivity contribution in [1.82, 2.24) is 16.0 Å². The highest BCUT2D eigenvalue weighted by Gasteiger charge is 2.33. The van der Waals surface area contributed by atoms with E-state index in [1.165, 1.54) is 0 Å². The topological polar surface area (TPSA) is 194 Å². The number of amides is 4. The van der Waals surface area contributed by atoms with Crippen molar-refractivity contribution >= 4 is 29.6 Å². The number of carboxylic acid groups (broad SMARTS) is 1. The van der Waals surface area contributed by atoms with E-state index in [1.807, 2.05) is 20.8 Å². The highest BCUT2D eigenvalue weighted by molar-refractivity contribution is 5.95. The van der Waals surface area contributed by atoms with Crippen molar-refractivity contribution in [2.75, 3.05) is 0 Å². The second-order valence-electron chi connectivity index (χ2n) is 8.91. The van der Waals surface area contributed by atoms with Crippen LogP contribution in [0, 0.1) is 17.8 Å². The SMILES string of the molecule is CCC(C)C(NC(=O)C(CC(C)C)NC(=O)C(NC(=O)C(N)CC(N)=O)C(C)C)C(=O)O. The fourth-order valence-corrected chi connectivity index (χ4v) is 3.01. The Bertz CT molecular complexity index is 682. The van der Waals surface area contributed by atoms with Crippen LogP contribution in [-0.4, -0.2) is 58.9 Å². The molecule has 0 aromatic rings. The molecular formula is C21H39N5O6. The number of nitrogens with one attached hydrogen (secondary N) is 3. The molecule has 4 amide bonds. The van der Waals surface area contributed by atoms with Crippen LogP contribution in [0.15, 0.2) is 0 Å². The van der Waals surface area contributed by atoms with Crippen molar-refractivity contribution in [3.8, 4) is 0 Å². The Morgan fingerprint density at radius 1 is 0.844 bits per heavy atom. The molecule has 0 radical (unpaired) electrons. The largest absolute Gasteiger partial charge is 0.480 e. The summed E-state index contributed by atoms with van der Waals surface area (Å²) in [6.07, 6.45) is 0.443. The van der Waals surface area contributed by atoms with Crippen molar-refractivity contribution < 1.29 is 29.1 Å². The fraction of sp³-hybridized carbons (Fsp3) is 0.762. The van der Waals surface area contributed by atoms with Crippen LogP contribution in [-0.2, 0) is 24.0 Å². The predicted molar refractivity (Wildman–Crippen MR) is 119 cm³/mol. The Balaban J connectivity index is 5.49. The summed E-state index contributed by atoms with van der Waals surface area (Å²) in [5.41, 5.74) is 10.7. The Labute approximate surface area is 189 Å². The summed E-state index contributed by atoms with van der Waals surface area (Å²) in [4.78, 5) is 60.6. The molecule has 0 aromatic heterocycles. The molecule has 0 aliphatic heterocycles. The van der Waals surface area contributed by atoms with Crippen LogP contribution in [0.1, 0.15) is 60.8 Å². The minimum atomic E-state index is -1.21. The van der Waals surface area contributed by atoms with E-state index in [1.54, 1.807) is 20.8 Å². The number of hydrogen-bond donors (Lipinski definition) is 6. The zero-order valence-electron chi connectivity index (χ0n) is 19.8. The Hall–Kier alpha value is -2.69. The molecule has 0 aliphatic carbocycles. The van der Waals surface area contributed by atoms with Crippen LogP contribution < -0.4 is 27.4 Å². The molecule has 0 rings (SSSR count). The van der Waals surface area contributed by atoms with E-state index in [2.05, 4.69) is 16.0 Å². The number of carbonyl (C=O) groups is 5. The van der Waals surface area contributed by atoms with E-state index in [9.17, 15) is 29.1 Å². The van der Waals surface area contributed by atoms with Crippen LogP contribution >= 0.6 is 0 Å². The first kappa shape index (κ1) is 29.3. The molecule has 5 atom stereocenters. The standard InChI is InChI=1S/C21H39N5O6/c1-7-12(6)17(21(31)32)26-19(29)14(8-10(2)3)24-20(30)16(11(4)5)25-18(28)13(22)9-15(23)27/h10-14,16-17H,7-9,22H2,1-6H3,(H2,23,27)(H,24,30)(H,25,28)(H,26,29)(H,31,32). The smallest absolute Gasteiger partial charge is 0.326 e. The van der Waals surface area contributed by atoms with Crippen molar-refractivity contribution in [1.29, 1.82) is 0 Å². The maximum Gasteiger partial charge on any atom is 0.326 e. The molecule has 11 nitrogen and oxygen atoms in total. The molecule has 0 fully saturated rings. The number of carboxylic acids is 1. The molecule has 0 aliphatic rings. The molecule has 0 heterocycles. The van der Waals surface area contributed by atoms with Gasteiger partial charge in [0.25, 0.3) is 0 Å². The van der Waals surface area contributed by atoms with Gasteiger partial charge in [0.2, 0.25) is 23.6 Å². The van der Waals surface area contributed by atoms with Gasteiger partial charge in [-0.2, -0.15) is 0 Å². The van der Waals surface area contributed by atoms with Crippen LogP contribution in [0.2, 0.25) is 0 Å². The van der Waals surface area contributed by atoms with Crippen LogP contribution in [0.25, 0.3) is 0 Å². The first-order chi connectivity index (χ1) is 14.7. The zero-order chi connectivity index (χ0) is 25.2. The van der Waals surface area contributed by atoms with Crippen molar-refractivity contribution in [2.45, 2.75) is 85.0 Å². The number of rotatable bonds is 14. The summed E-state index contributed by atoms with van der Waals surface area (Å²) < 4.78 is 0. The second-order valence-corrected chi connectivity index (χ2v) is 8.91. The van der Waals surface area contributed by atoms with Gasteiger partial charge in [0, 0.05) is 0 Å². The molecule has 0 aromatic carbocycles. The summed E-state index contributed by atoms with van der Waals surface area (Å²) >= 11 is 0. The third-order valence-corrected chi connectivity index (χ3v) is 5.12. The summed E-state index contributed by atoms with van der Waals surface area (Å²) in [5, 5.41) is 17.1. The van der Waals surface area contributed by atoms with Crippen molar-refractivity contribution in [2.24, 2.45) is 29.2 Å². The molecule has 0 saturated carbocycles. The van der Waals surface area contributed by atoms with Gasteiger partial charge in [-0.3, -0.25) is 19.2 Å². The van der Waals surface area contributed by atoms with Crippen molar-refractivity contribution in [3.05, 3.63) is 0 Å². The average Bonchev–Trinajstić information content (AvgIpc) is 2.66. The van der Waals surface area contributed by atoms with Gasteiger partial charge in [0.1, 0.15) is 18.1 Å². The summed E-state index contributed by atoms with van der Waals surface area (Å²) in [7, 11) is 0. The van der Waals surface area contributed by atoms with E-state index in [0.29, 0.717) is 6.42 Å². The highest BCUT2D eigenvalue weighted by atomic mass is 16.4. The minimum Gasteiger partial charge on any atom is -0.480 e. The first-order valence-electron chi connectivity index (χ1n) is 10.9. The Kier molecular flexibility index (Phi) is 12.5. The molecule has 0 bridgehead atoms. The van der Waals surface area contributed by atoms with Gasteiger partial charge < -0.3 is 32.5 Å². The molecule has 11 heteroatoms. The number of carbonyl (C=O) groups excluding carboxylic acids is 4. The van der Waals surface area contributed by atoms with Crippen LogP contribution in [0.4, 0.5) is 0 Å². The molecule has 32 heavy (non-hydrogen) atoms. The minimum absolute atomic E-state index is 0.0222. The quantitative estimate of drug-likeness (QED) is 0.202. The van der Waals surface area contributed by atoms with Gasteiger partial charge in [-0.15, -0.1) is 0 Å². The zero-order valence-corrected chi connectivity index (χ0v) is 19.8. The predicted octanol–water partition coefficient (Wildman–Crippen LogP) is -0.524. The normalized spacial score (nSPS) is 15.9. The fourth-order valence-electron chi connectivity index (χ4n) is 3.01. The molecule has 0 saturated heterocycles. The molecule has 184 valence electrons. The average molecular weight is 458 g/mol. The Morgan fingerprint density at radius 3 is 1.78 bits per heavy atom. The van der Waals surface area contributed by atoms with Gasteiger partial charge >= 0.3 is 5.97 Å². The van der Waals surface area contributed by atoms with E-state index in [4.69, 9.17) is 11.5 Å². The van der Waals surface area contributed by atoms with Gasteiger partial charge in [-0.25, -0.2) is 4.79 Å². The number of aliphatic carboxylic acids is 1. The number of nitrogens with two attached hydrogens (primary N) is 2. The van der Waals surface area contributed by atoms with Gasteiger partial charge in [0.15, 0.2) is 0 Å². The maximum absolute atomic E-state index is 12.9. The lowest BCUT2D eigenvalue weighted by Crippen LogP contribution is -2.59. The molecule has 0 spiro atoms. The lowest BCUT2D eigenvalue weighted by Gasteiger charge is -2.28. The van der Waals surface area contributed by atoms with Crippen molar-refractivity contribution in [3.63, 3.8) is 0 Å². The molecule has 5 unspecified atom stereocenters. The Morgan fingerprint density at radius 2 is 1.38 bits per heavy atom. The van der Waals surface area contributed by atoms with E-state index in [-0.39, 0.29) is 30.6 Å². The van der Waals surface area contributed by atoms with E-state index in [0.717, 1.165) is 0 Å². The number of hydrogen-bond acceptors (Lipinski definition) is 6. The summed E-state index contributed by atoms with van der Waals surface area (Å²) in [6, 6.07) is -4.31. The molecular weight excluding hydrogens is 418 g/mol. The third kappa shape index (κ3) is 10.1. The van der Waals surface area contributed by atoms with Crippen LogP contribution in [0.3, 0.4) is 0 Å². The third-order valence-electron chi connectivity index (χ3n) is 5.12.